The number of ether oxygens (including phenoxy) is 1. The van der Waals surface area contributed by atoms with E-state index in [1.807, 2.05) is 7.05 Å². The first-order chi connectivity index (χ1) is 22.8. The first-order valence-corrected chi connectivity index (χ1v) is 17.2. The van der Waals surface area contributed by atoms with Gasteiger partial charge < -0.3 is 26.0 Å². The third-order valence-corrected chi connectivity index (χ3v) is 9.24. The van der Waals surface area contributed by atoms with Crippen LogP contribution in [0, 0.1) is 17.0 Å². The normalized spacial score (nSPS) is 19.3. The molecular formula is C37H46Cl2F2N4O3. The Kier molecular flexibility index (Phi) is 13.2. The van der Waals surface area contributed by atoms with Crippen molar-refractivity contribution in [2.45, 2.75) is 76.8 Å². The van der Waals surface area contributed by atoms with Crippen LogP contribution in [0.5, 0.6) is 5.75 Å². The van der Waals surface area contributed by atoms with Crippen LogP contribution >= 0.6 is 23.2 Å². The molecule has 4 N–H and O–H groups in total. The number of amides is 2. The van der Waals surface area contributed by atoms with Crippen LogP contribution < -0.4 is 26.0 Å². The van der Waals surface area contributed by atoms with E-state index in [0.29, 0.717) is 29.8 Å². The second kappa shape index (κ2) is 16.9. The van der Waals surface area contributed by atoms with Crippen LogP contribution in [0.25, 0.3) is 0 Å². The molecule has 0 saturated carbocycles. The predicted molar refractivity (Wildman–Crippen MR) is 189 cm³/mol. The molecule has 1 aliphatic rings. The van der Waals surface area contributed by atoms with E-state index in [-0.39, 0.29) is 32.7 Å². The van der Waals surface area contributed by atoms with Gasteiger partial charge in [-0.05, 0) is 85.8 Å². The zero-order valence-electron chi connectivity index (χ0n) is 28.2. The second-order valence-corrected chi connectivity index (χ2v) is 14.4. The molecule has 0 aromatic heterocycles. The Morgan fingerprint density at radius 3 is 2.31 bits per heavy atom. The van der Waals surface area contributed by atoms with Gasteiger partial charge in [0, 0.05) is 35.0 Å². The number of hydrogen-bond acceptors (Lipinski definition) is 5. The quantitative estimate of drug-likeness (QED) is 0.128. The number of nitrogens with one attached hydrogen (secondary N) is 4. The summed E-state index contributed by atoms with van der Waals surface area (Å²) in [6.45, 7) is 7.70. The average molecular weight is 704 g/mol. The van der Waals surface area contributed by atoms with Crippen LogP contribution in [-0.2, 0) is 4.79 Å². The van der Waals surface area contributed by atoms with Gasteiger partial charge in [0.2, 0.25) is 5.91 Å². The molecule has 260 valence electrons. The maximum Gasteiger partial charge on any atom is 0.251 e. The minimum Gasteiger partial charge on any atom is -0.495 e. The lowest BCUT2D eigenvalue weighted by Crippen LogP contribution is -2.42. The van der Waals surface area contributed by atoms with E-state index >= 15 is 8.78 Å². The van der Waals surface area contributed by atoms with E-state index in [1.165, 1.54) is 19.2 Å². The van der Waals surface area contributed by atoms with Gasteiger partial charge in [0.25, 0.3) is 5.91 Å². The van der Waals surface area contributed by atoms with Crippen LogP contribution in [0.1, 0.15) is 86.2 Å². The minimum absolute atomic E-state index is 0.0921. The molecule has 0 aliphatic carbocycles. The van der Waals surface area contributed by atoms with Gasteiger partial charge in [0.1, 0.15) is 17.4 Å². The van der Waals surface area contributed by atoms with Gasteiger partial charge in [-0.25, -0.2) is 8.78 Å². The van der Waals surface area contributed by atoms with Crippen molar-refractivity contribution in [2.75, 3.05) is 32.6 Å². The SMILES string of the molecule is CNCCCCCCNC(=O)c1ccc(NC(=O)[C@@H]2N[C@@H](CC(C)(C)C)[C@H](c3ccc(Cl)cc3F)[C@H]2c2cccc(Cl)c2F)c(OC)c1. The minimum atomic E-state index is -0.980. The lowest BCUT2D eigenvalue weighted by molar-refractivity contribution is -0.118. The van der Waals surface area contributed by atoms with Crippen molar-refractivity contribution in [3.05, 3.63) is 93.0 Å². The number of rotatable bonds is 14. The highest BCUT2D eigenvalue weighted by Gasteiger charge is 2.50. The molecule has 7 nitrogen and oxygen atoms in total. The molecule has 3 aromatic rings. The van der Waals surface area contributed by atoms with Crippen molar-refractivity contribution in [2.24, 2.45) is 5.41 Å². The van der Waals surface area contributed by atoms with Crippen LogP contribution in [0.4, 0.5) is 14.5 Å². The smallest absolute Gasteiger partial charge is 0.251 e. The topological polar surface area (TPSA) is 91.5 Å². The van der Waals surface area contributed by atoms with Crippen molar-refractivity contribution < 1.29 is 23.1 Å². The second-order valence-electron chi connectivity index (χ2n) is 13.6. The fourth-order valence-electron chi connectivity index (χ4n) is 6.54. The molecule has 0 bridgehead atoms. The fraction of sp³-hybridized carbons (Fsp3) is 0.459. The molecule has 4 atom stereocenters. The van der Waals surface area contributed by atoms with Crippen LogP contribution in [0.2, 0.25) is 10.0 Å². The molecule has 1 aliphatic heterocycles. The van der Waals surface area contributed by atoms with Gasteiger partial charge in [-0.1, -0.05) is 75.0 Å². The Morgan fingerprint density at radius 2 is 1.65 bits per heavy atom. The van der Waals surface area contributed by atoms with Crippen molar-refractivity contribution in [3.8, 4) is 5.75 Å². The van der Waals surface area contributed by atoms with E-state index in [2.05, 4.69) is 42.0 Å². The largest absolute Gasteiger partial charge is 0.495 e. The van der Waals surface area contributed by atoms with Gasteiger partial charge in [-0.2, -0.15) is 0 Å². The number of halogens is 4. The molecule has 4 rings (SSSR count). The monoisotopic (exact) mass is 702 g/mol. The molecule has 1 fully saturated rings. The Morgan fingerprint density at radius 1 is 0.917 bits per heavy atom. The number of anilines is 1. The van der Waals surface area contributed by atoms with Crippen LogP contribution in [0.3, 0.4) is 0 Å². The first-order valence-electron chi connectivity index (χ1n) is 16.4. The molecule has 48 heavy (non-hydrogen) atoms. The van der Waals surface area contributed by atoms with Gasteiger partial charge in [-0.3, -0.25) is 9.59 Å². The molecule has 1 saturated heterocycles. The molecule has 0 spiro atoms. The molecule has 3 aromatic carbocycles. The van der Waals surface area contributed by atoms with E-state index in [9.17, 15) is 9.59 Å². The summed E-state index contributed by atoms with van der Waals surface area (Å²) in [6.07, 6.45) is 4.64. The summed E-state index contributed by atoms with van der Waals surface area (Å²) in [5, 5.41) is 12.6. The highest BCUT2D eigenvalue weighted by molar-refractivity contribution is 6.31. The Balaban J connectivity index is 1.63. The lowest BCUT2D eigenvalue weighted by Gasteiger charge is -2.30. The number of benzene rings is 3. The summed E-state index contributed by atoms with van der Waals surface area (Å²) in [7, 11) is 3.38. The summed E-state index contributed by atoms with van der Waals surface area (Å²) in [5.74, 6) is -3.09. The summed E-state index contributed by atoms with van der Waals surface area (Å²) >= 11 is 12.4. The van der Waals surface area contributed by atoms with Gasteiger partial charge in [0.05, 0.1) is 23.9 Å². The molecule has 2 amide bonds. The number of carbonyl (C=O) groups is 2. The number of methoxy groups -OCH3 is 1. The summed E-state index contributed by atoms with van der Waals surface area (Å²) in [6, 6.07) is 12.5. The van der Waals surface area contributed by atoms with E-state index < -0.39 is 41.5 Å². The molecule has 11 heteroatoms. The third-order valence-electron chi connectivity index (χ3n) is 8.71. The van der Waals surface area contributed by atoms with Crippen LogP contribution in [0.15, 0.2) is 54.6 Å². The fourth-order valence-corrected chi connectivity index (χ4v) is 6.88. The molecule has 0 unspecified atom stereocenters. The highest BCUT2D eigenvalue weighted by atomic mass is 35.5. The zero-order valence-corrected chi connectivity index (χ0v) is 29.7. The first kappa shape index (κ1) is 37.6. The summed E-state index contributed by atoms with van der Waals surface area (Å²) < 4.78 is 37.0. The number of hydrogen-bond donors (Lipinski definition) is 4. The summed E-state index contributed by atoms with van der Waals surface area (Å²) in [5.41, 5.74) is 1.04. The van der Waals surface area contributed by atoms with E-state index in [4.69, 9.17) is 27.9 Å². The maximum absolute atomic E-state index is 15.8. The van der Waals surface area contributed by atoms with E-state index in [1.54, 1.807) is 42.5 Å². The molecule has 1 heterocycles. The number of carbonyl (C=O) groups excluding carboxylic acids is 2. The van der Waals surface area contributed by atoms with Crippen molar-refractivity contribution in [1.82, 2.24) is 16.0 Å². The Labute approximate surface area is 292 Å². The summed E-state index contributed by atoms with van der Waals surface area (Å²) in [4.78, 5) is 27.1. The van der Waals surface area contributed by atoms with Crippen molar-refractivity contribution >= 4 is 40.7 Å². The highest BCUT2D eigenvalue weighted by Crippen LogP contribution is 2.48. The van der Waals surface area contributed by atoms with Crippen LogP contribution in [-0.4, -0.2) is 51.1 Å². The third kappa shape index (κ3) is 9.47. The Bertz CT molecular complexity index is 1580. The predicted octanol–water partition coefficient (Wildman–Crippen LogP) is 8.07. The van der Waals surface area contributed by atoms with E-state index in [0.717, 1.165) is 32.2 Å². The molecule has 0 radical (unpaired) electrons. The van der Waals surface area contributed by atoms with Gasteiger partial charge >= 0.3 is 0 Å². The average Bonchev–Trinajstić information content (AvgIpc) is 3.39. The van der Waals surface area contributed by atoms with Crippen molar-refractivity contribution in [3.63, 3.8) is 0 Å². The van der Waals surface area contributed by atoms with Gasteiger partial charge in [0.15, 0.2) is 0 Å². The standard InChI is InChI=1S/C37H46Cl2F2N4O3/c1-37(2,3)21-29-31(24-15-14-23(38)20-27(24)40)32(25-11-10-12-26(39)33(25)41)34(44-29)36(47)45-28-16-13-22(19-30(28)48-5)35(46)43-18-9-7-6-8-17-42-4/h10-16,19-20,29,31-32,34,42,44H,6-9,17-18,21H2,1-5H3,(H,43,46)(H,45,47)/t29-,31-,32+,34+/m0/s1. The maximum atomic E-state index is 15.8. The van der Waals surface area contributed by atoms with Gasteiger partial charge in [-0.15, -0.1) is 0 Å². The number of unbranched alkanes of at least 4 members (excludes halogenated alkanes) is 3. The van der Waals surface area contributed by atoms with Crippen molar-refractivity contribution in [1.29, 1.82) is 0 Å². The lowest BCUT2D eigenvalue weighted by atomic mass is 9.74. The Hall–Kier alpha value is -3.24. The molecular weight excluding hydrogens is 657 g/mol. The zero-order chi connectivity index (χ0) is 35.0.